The number of carboxylic acid groups (broad SMARTS) is 1. The number of aliphatic carboxylic acids is 1. The Bertz CT molecular complexity index is 847. The lowest BCUT2D eigenvalue weighted by Crippen LogP contribution is -2.07. The Hall–Kier alpha value is -3.22. The Kier molecular flexibility index (Phi) is 5.58. The van der Waals surface area contributed by atoms with E-state index in [1.54, 1.807) is 6.20 Å². The second-order valence-corrected chi connectivity index (χ2v) is 6.18. The van der Waals surface area contributed by atoms with Crippen molar-refractivity contribution in [1.82, 2.24) is 15.1 Å². The van der Waals surface area contributed by atoms with E-state index in [1.807, 2.05) is 49.4 Å². The molecule has 7 nitrogen and oxygen atoms in total. The highest BCUT2D eigenvalue weighted by Crippen LogP contribution is 2.19. The van der Waals surface area contributed by atoms with Crippen LogP contribution in [0, 0.1) is 5.92 Å². The van der Waals surface area contributed by atoms with Gasteiger partial charge in [0.1, 0.15) is 5.82 Å². The molecule has 134 valence electrons. The van der Waals surface area contributed by atoms with Gasteiger partial charge in [0.05, 0.1) is 0 Å². The van der Waals surface area contributed by atoms with E-state index in [4.69, 9.17) is 9.63 Å². The summed E-state index contributed by atoms with van der Waals surface area (Å²) in [5, 5.41) is 16.0. The lowest BCUT2D eigenvalue weighted by atomic mass is 10.0. The number of carbonyl (C=O) groups is 1. The summed E-state index contributed by atoms with van der Waals surface area (Å²) >= 11 is 0. The molecule has 0 aliphatic heterocycles. The van der Waals surface area contributed by atoms with Crippen LogP contribution >= 0.6 is 0 Å². The van der Waals surface area contributed by atoms with E-state index < -0.39 is 5.97 Å². The van der Waals surface area contributed by atoms with Crippen LogP contribution in [0.15, 0.2) is 53.2 Å². The van der Waals surface area contributed by atoms with Gasteiger partial charge in [0.25, 0.3) is 0 Å². The second kappa shape index (κ2) is 8.24. The predicted molar refractivity (Wildman–Crippen MR) is 96.4 cm³/mol. The lowest BCUT2D eigenvalue weighted by Gasteiger charge is -2.05. The first-order chi connectivity index (χ1) is 12.6. The van der Waals surface area contributed by atoms with Crippen LogP contribution in [-0.2, 0) is 17.8 Å². The highest BCUT2D eigenvalue weighted by atomic mass is 16.5. The third-order valence-electron chi connectivity index (χ3n) is 3.86. The summed E-state index contributed by atoms with van der Waals surface area (Å²) in [6.45, 7) is 2.52. The van der Waals surface area contributed by atoms with Gasteiger partial charge in [0, 0.05) is 31.1 Å². The van der Waals surface area contributed by atoms with E-state index in [1.165, 1.54) is 0 Å². The molecule has 1 unspecified atom stereocenters. The number of anilines is 1. The molecule has 7 heteroatoms. The van der Waals surface area contributed by atoms with Gasteiger partial charge in [-0.1, -0.05) is 42.4 Å². The molecule has 2 aromatic heterocycles. The Morgan fingerprint density at radius 3 is 2.73 bits per heavy atom. The minimum Gasteiger partial charge on any atom is -0.481 e. The van der Waals surface area contributed by atoms with Gasteiger partial charge < -0.3 is 14.9 Å². The first-order valence-corrected chi connectivity index (χ1v) is 8.39. The highest BCUT2D eigenvalue weighted by molar-refractivity contribution is 5.67. The van der Waals surface area contributed by atoms with Crippen molar-refractivity contribution in [3.8, 4) is 11.4 Å². The molecule has 0 spiro atoms. The lowest BCUT2D eigenvalue weighted by molar-refractivity contribution is -0.137. The van der Waals surface area contributed by atoms with Crippen molar-refractivity contribution in [2.45, 2.75) is 26.3 Å². The summed E-state index contributed by atoms with van der Waals surface area (Å²) in [7, 11) is 0. The molecule has 0 amide bonds. The molecule has 2 heterocycles. The SMILES string of the molecule is CC(CC(=O)O)Cc1nc(-c2ccc(CNc3ccccn3)cc2)no1. The molecule has 3 aromatic rings. The van der Waals surface area contributed by atoms with Gasteiger partial charge in [-0.25, -0.2) is 4.98 Å². The zero-order chi connectivity index (χ0) is 18.4. The number of aromatic nitrogens is 3. The monoisotopic (exact) mass is 352 g/mol. The fourth-order valence-electron chi connectivity index (χ4n) is 2.56. The van der Waals surface area contributed by atoms with Crippen LogP contribution in [0.5, 0.6) is 0 Å². The molecule has 0 fully saturated rings. The summed E-state index contributed by atoms with van der Waals surface area (Å²) in [5.41, 5.74) is 1.96. The molecule has 1 atom stereocenters. The van der Waals surface area contributed by atoms with Crippen LogP contribution in [0.3, 0.4) is 0 Å². The number of nitrogens with zero attached hydrogens (tertiary/aromatic N) is 3. The molecule has 0 aliphatic carbocycles. The average Bonchev–Trinajstić information content (AvgIpc) is 3.09. The van der Waals surface area contributed by atoms with E-state index >= 15 is 0 Å². The molecule has 3 rings (SSSR count). The normalized spacial score (nSPS) is 11.9. The Labute approximate surface area is 151 Å². The molecule has 0 saturated heterocycles. The summed E-state index contributed by atoms with van der Waals surface area (Å²) in [4.78, 5) is 19.3. The number of hydrogen-bond acceptors (Lipinski definition) is 6. The minimum atomic E-state index is -0.827. The minimum absolute atomic E-state index is 0.0548. The predicted octanol–water partition coefficient (Wildman–Crippen LogP) is 3.40. The highest BCUT2D eigenvalue weighted by Gasteiger charge is 2.14. The van der Waals surface area contributed by atoms with Crippen LogP contribution in [0.2, 0.25) is 0 Å². The zero-order valence-corrected chi connectivity index (χ0v) is 14.4. The van der Waals surface area contributed by atoms with E-state index in [0.29, 0.717) is 24.7 Å². The van der Waals surface area contributed by atoms with Gasteiger partial charge in [-0.3, -0.25) is 4.79 Å². The third-order valence-corrected chi connectivity index (χ3v) is 3.86. The molecule has 0 radical (unpaired) electrons. The quantitative estimate of drug-likeness (QED) is 0.640. The van der Waals surface area contributed by atoms with Crippen molar-refractivity contribution in [2.24, 2.45) is 5.92 Å². The number of pyridine rings is 1. The fourth-order valence-corrected chi connectivity index (χ4v) is 2.56. The summed E-state index contributed by atoms with van der Waals surface area (Å²) in [6.07, 6.45) is 2.28. The third kappa shape index (κ3) is 4.89. The maximum Gasteiger partial charge on any atom is 0.303 e. The van der Waals surface area contributed by atoms with Crippen molar-refractivity contribution in [3.05, 3.63) is 60.1 Å². The zero-order valence-electron chi connectivity index (χ0n) is 14.4. The van der Waals surface area contributed by atoms with Crippen LogP contribution in [-0.4, -0.2) is 26.2 Å². The Balaban J connectivity index is 1.59. The summed E-state index contributed by atoms with van der Waals surface area (Å²) in [5.74, 6) is 0.907. The molecule has 0 bridgehead atoms. The van der Waals surface area contributed by atoms with Crippen molar-refractivity contribution >= 4 is 11.8 Å². The van der Waals surface area contributed by atoms with Gasteiger partial charge in [-0.05, 0) is 23.6 Å². The van der Waals surface area contributed by atoms with Gasteiger partial charge in [-0.15, -0.1) is 0 Å². The van der Waals surface area contributed by atoms with Crippen molar-refractivity contribution in [3.63, 3.8) is 0 Å². The van der Waals surface area contributed by atoms with Crippen molar-refractivity contribution in [2.75, 3.05) is 5.32 Å². The van der Waals surface area contributed by atoms with Crippen LogP contribution in [0.25, 0.3) is 11.4 Å². The number of carboxylic acids is 1. The molecule has 0 aliphatic rings. The van der Waals surface area contributed by atoms with Crippen LogP contribution in [0.1, 0.15) is 24.8 Å². The van der Waals surface area contributed by atoms with Gasteiger partial charge in [0.15, 0.2) is 0 Å². The number of rotatable bonds is 8. The topological polar surface area (TPSA) is 101 Å². The summed E-state index contributed by atoms with van der Waals surface area (Å²) in [6, 6.07) is 13.6. The maximum atomic E-state index is 10.7. The molecule has 2 N–H and O–H groups in total. The molecule has 0 saturated carbocycles. The van der Waals surface area contributed by atoms with Gasteiger partial charge in [-0.2, -0.15) is 4.98 Å². The smallest absolute Gasteiger partial charge is 0.303 e. The van der Waals surface area contributed by atoms with Crippen LogP contribution in [0.4, 0.5) is 5.82 Å². The second-order valence-electron chi connectivity index (χ2n) is 6.18. The van der Waals surface area contributed by atoms with Crippen LogP contribution < -0.4 is 5.32 Å². The molecular weight excluding hydrogens is 332 g/mol. The van der Waals surface area contributed by atoms with E-state index in [9.17, 15) is 4.79 Å². The van der Waals surface area contributed by atoms with Gasteiger partial charge >= 0.3 is 5.97 Å². The number of nitrogens with one attached hydrogen (secondary N) is 1. The molecule has 1 aromatic carbocycles. The first kappa shape index (κ1) is 17.6. The van der Waals surface area contributed by atoms with E-state index in [-0.39, 0.29) is 12.3 Å². The first-order valence-electron chi connectivity index (χ1n) is 8.39. The maximum absolute atomic E-state index is 10.7. The van der Waals surface area contributed by atoms with Crippen molar-refractivity contribution in [1.29, 1.82) is 0 Å². The number of hydrogen-bond donors (Lipinski definition) is 2. The number of benzene rings is 1. The largest absolute Gasteiger partial charge is 0.481 e. The Morgan fingerprint density at radius 1 is 1.23 bits per heavy atom. The van der Waals surface area contributed by atoms with Crippen molar-refractivity contribution < 1.29 is 14.4 Å². The molecular formula is C19H20N4O3. The van der Waals surface area contributed by atoms with E-state index in [0.717, 1.165) is 16.9 Å². The Morgan fingerprint density at radius 2 is 2.04 bits per heavy atom. The fraction of sp³-hybridized carbons (Fsp3) is 0.263. The summed E-state index contributed by atoms with van der Waals surface area (Å²) < 4.78 is 5.23. The standard InChI is InChI=1S/C19H20N4O3/c1-13(11-18(24)25)10-17-22-19(23-26-17)15-7-5-14(6-8-15)12-21-16-4-2-3-9-20-16/h2-9,13H,10-12H2,1H3,(H,20,21)(H,24,25). The van der Waals surface area contributed by atoms with Gasteiger partial charge in [0.2, 0.25) is 11.7 Å². The molecule has 26 heavy (non-hydrogen) atoms. The van der Waals surface area contributed by atoms with E-state index in [2.05, 4.69) is 20.4 Å². The average molecular weight is 352 g/mol.